The molecule has 1 aromatic rings. The maximum atomic E-state index is 11.7. The van der Waals surface area contributed by atoms with Crippen molar-refractivity contribution in [3.63, 3.8) is 0 Å². The van der Waals surface area contributed by atoms with E-state index in [1.165, 1.54) is 0 Å². The van der Waals surface area contributed by atoms with Crippen LogP contribution >= 0.6 is 0 Å². The van der Waals surface area contributed by atoms with Crippen molar-refractivity contribution in [3.8, 4) is 0 Å². The number of nitrogens with zero attached hydrogens (tertiary/aromatic N) is 2. The Labute approximate surface area is 108 Å². The molecule has 0 radical (unpaired) electrons. The van der Waals surface area contributed by atoms with Crippen molar-refractivity contribution in [1.82, 2.24) is 14.9 Å². The number of imidazole rings is 1. The molecule has 18 heavy (non-hydrogen) atoms. The van der Waals surface area contributed by atoms with Gasteiger partial charge in [-0.3, -0.25) is 4.79 Å². The molecule has 0 saturated heterocycles. The highest BCUT2D eigenvalue weighted by atomic mass is 16.5. The third-order valence-corrected chi connectivity index (χ3v) is 2.80. The molecule has 102 valence electrons. The minimum absolute atomic E-state index is 0.128. The first-order valence-corrected chi connectivity index (χ1v) is 6.07. The van der Waals surface area contributed by atoms with Gasteiger partial charge >= 0.3 is 0 Å². The average Bonchev–Trinajstić information content (AvgIpc) is 2.79. The number of carbonyl (C=O) groups is 1. The van der Waals surface area contributed by atoms with Crippen LogP contribution in [0, 0.1) is 5.92 Å². The molecule has 3 N–H and O–H groups in total. The summed E-state index contributed by atoms with van der Waals surface area (Å²) in [5.41, 5.74) is 6.70. The maximum Gasteiger partial charge on any atom is 0.237 e. The lowest BCUT2D eigenvalue weighted by Gasteiger charge is -2.15. The fourth-order valence-corrected chi connectivity index (χ4v) is 1.48. The molecule has 0 unspecified atom stereocenters. The zero-order chi connectivity index (χ0) is 13.5. The van der Waals surface area contributed by atoms with E-state index < -0.39 is 6.04 Å². The SMILES string of the molecule is COCCn1cncc1CNC(=O)[C@H](N)C(C)C. The number of rotatable bonds is 7. The van der Waals surface area contributed by atoms with E-state index in [-0.39, 0.29) is 11.8 Å². The Morgan fingerprint density at radius 1 is 1.61 bits per heavy atom. The van der Waals surface area contributed by atoms with Crippen molar-refractivity contribution in [3.05, 3.63) is 18.2 Å². The Morgan fingerprint density at radius 2 is 2.33 bits per heavy atom. The Balaban J connectivity index is 2.48. The number of hydrogen-bond acceptors (Lipinski definition) is 4. The molecule has 0 aromatic carbocycles. The Morgan fingerprint density at radius 3 is 2.94 bits per heavy atom. The largest absolute Gasteiger partial charge is 0.383 e. The molecule has 0 saturated carbocycles. The second-order valence-corrected chi connectivity index (χ2v) is 4.56. The molecule has 6 heteroatoms. The van der Waals surface area contributed by atoms with Gasteiger partial charge in [0.1, 0.15) is 0 Å². The van der Waals surface area contributed by atoms with Gasteiger partial charge in [0.25, 0.3) is 0 Å². The standard InChI is InChI=1S/C12H22N4O2/c1-9(2)11(13)12(17)15-7-10-6-14-8-16(10)4-5-18-3/h6,8-9,11H,4-5,7,13H2,1-3H3,(H,15,17)/t11-/m1/s1. The first-order chi connectivity index (χ1) is 8.56. The summed E-state index contributed by atoms with van der Waals surface area (Å²) in [6.45, 7) is 5.61. The van der Waals surface area contributed by atoms with Crippen LogP contribution in [0.5, 0.6) is 0 Å². The van der Waals surface area contributed by atoms with E-state index in [2.05, 4.69) is 10.3 Å². The van der Waals surface area contributed by atoms with E-state index >= 15 is 0 Å². The highest BCUT2D eigenvalue weighted by Crippen LogP contribution is 2.01. The van der Waals surface area contributed by atoms with Crippen LogP contribution in [0.1, 0.15) is 19.5 Å². The van der Waals surface area contributed by atoms with E-state index in [1.807, 2.05) is 18.4 Å². The molecule has 0 aliphatic rings. The number of amides is 1. The maximum absolute atomic E-state index is 11.7. The summed E-state index contributed by atoms with van der Waals surface area (Å²) in [7, 11) is 1.65. The Hall–Kier alpha value is -1.40. The number of aromatic nitrogens is 2. The van der Waals surface area contributed by atoms with Crippen molar-refractivity contribution in [2.45, 2.75) is 33.0 Å². The lowest BCUT2D eigenvalue weighted by molar-refractivity contribution is -0.123. The Kier molecular flexibility index (Phi) is 5.80. The first kappa shape index (κ1) is 14.7. The summed E-state index contributed by atoms with van der Waals surface area (Å²) in [6.07, 6.45) is 3.46. The van der Waals surface area contributed by atoms with E-state index in [4.69, 9.17) is 10.5 Å². The van der Waals surface area contributed by atoms with Gasteiger partial charge in [0.2, 0.25) is 5.91 Å². The number of methoxy groups -OCH3 is 1. The molecule has 0 aliphatic carbocycles. The number of hydrogen-bond donors (Lipinski definition) is 2. The van der Waals surface area contributed by atoms with Gasteiger partial charge in [-0.05, 0) is 5.92 Å². The van der Waals surface area contributed by atoms with Crippen molar-refractivity contribution >= 4 is 5.91 Å². The van der Waals surface area contributed by atoms with Crippen LogP contribution in [0.2, 0.25) is 0 Å². The summed E-state index contributed by atoms with van der Waals surface area (Å²) in [5.74, 6) is -0.00658. The van der Waals surface area contributed by atoms with E-state index in [0.29, 0.717) is 13.2 Å². The molecule has 1 rings (SSSR count). The highest BCUT2D eigenvalue weighted by molar-refractivity contribution is 5.81. The van der Waals surface area contributed by atoms with Crippen LogP contribution in [0.4, 0.5) is 0 Å². The van der Waals surface area contributed by atoms with Gasteiger partial charge in [-0.15, -0.1) is 0 Å². The lowest BCUT2D eigenvalue weighted by atomic mass is 10.1. The second-order valence-electron chi connectivity index (χ2n) is 4.56. The number of nitrogens with one attached hydrogen (secondary N) is 1. The molecule has 1 heterocycles. The molecule has 1 atom stereocenters. The zero-order valence-electron chi connectivity index (χ0n) is 11.2. The highest BCUT2D eigenvalue weighted by Gasteiger charge is 2.16. The molecule has 0 aliphatic heterocycles. The first-order valence-electron chi connectivity index (χ1n) is 6.07. The van der Waals surface area contributed by atoms with Gasteiger partial charge in [0.05, 0.1) is 31.2 Å². The van der Waals surface area contributed by atoms with E-state index in [1.54, 1.807) is 19.6 Å². The topological polar surface area (TPSA) is 82.2 Å². The average molecular weight is 254 g/mol. The summed E-state index contributed by atoms with van der Waals surface area (Å²) >= 11 is 0. The molecule has 1 aromatic heterocycles. The minimum Gasteiger partial charge on any atom is -0.383 e. The number of ether oxygens (including phenoxy) is 1. The quantitative estimate of drug-likeness (QED) is 0.724. The normalized spacial score (nSPS) is 12.7. The number of nitrogens with two attached hydrogens (primary N) is 1. The fourth-order valence-electron chi connectivity index (χ4n) is 1.48. The lowest BCUT2D eigenvalue weighted by Crippen LogP contribution is -2.43. The molecular weight excluding hydrogens is 232 g/mol. The van der Waals surface area contributed by atoms with Gasteiger partial charge in [-0.1, -0.05) is 13.8 Å². The van der Waals surface area contributed by atoms with Gasteiger partial charge < -0.3 is 20.4 Å². The van der Waals surface area contributed by atoms with Crippen LogP contribution in [0.25, 0.3) is 0 Å². The van der Waals surface area contributed by atoms with Gasteiger partial charge in [-0.25, -0.2) is 4.98 Å². The van der Waals surface area contributed by atoms with Crippen LogP contribution in [0.3, 0.4) is 0 Å². The summed E-state index contributed by atoms with van der Waals surface area (Å²) in [6, 6.07) is -0.472. The summed E-state index contributed by atoms with van der Waals surface area (Å²) in [4.78, 5) is 15.8. The van der Waals surface area contributed by atoms with Gasteiger partial charge in [-0.2, -0.15) is 0 Å². The second kappa shape index (κ2) is 7.13. The molecule has 1 amide bonds. The van der Waals surface area contributed by atoms with Crippen LogP contribution in [-0.4, -0.2) is 35.2 Å². The van der Waals surface area contributed by atoms with Crippen LogP contribution in [0.15, 0.2) is 12.5 Å². The summed E-state index contributed by atoms with van der Waals surface area (Å²) < 4.78 is 6.96. The molecule has 0 spiro atoms. The fraction of sp³-hybridized carbons (Fsp3) is 0.667. The Bertz CT molecular complexity index is 376. The van der Waals surface area contributed by atoms with Gasteiger partial charge in [0, 0.05) is 19.9 Å². The van der Waals surface area contributed by atoms with E-state index in [9.17, 15) is 4.79 Å². The molecular formula is C12H22N4O2. The third kappa shape index (κ3) is 4.12. The molecule has 0 bridgehead atoms. The van der Waals surface area contributed by atoms with Crippen LogP contribution in [-0.2, 0) is 22.6 Å². The molecule has 0 fully saturated rings. The third-order valence-electron chi connectivity index (χ3n) is 2.80. The predicted molar refractivity (Wildman–Crippen MR) is 68.8 cm³/mol. The van der Waals surface area contributed by atoms with Gasteiger partial charge in [0.15, 0.2) is 0 Å². The van der Waals surface area contributed by atoms with Crippen molar-refractivity contribution in [1.29, 1.82) is 0 Å². The predicted octanol–water partition coefficient (Wildman–Crippen LogP) is 0.129. The number of carbonyl (C=O) groups excluding carboxylic acids is 1. The van der Waals surface area contributed by atoms with Crippen molar-refractivity contribution in [2.75, 3.05) is 13.7 Å². The van der Waals surface area contributed by atoms with Crippen molar-refractivity contribution < 1.29 is 9.53 Å². The smallest absolute Gasteiger partial charge is 0.237 e. The van der Waals surface area contributed by atoms with E-state index in [0.717, 1.165) is 12.2 Å². The molecule has 6 nitrogen and oxygen atoms in total. The zero-order valence-corrected chi connectivity index (χ0v) is 11.2. The summed E-state index contributed by atoms with van der Waals surface area (Å²) in [5, 5.41) is 2.82. The van der Waals surface area contributed by atoms with Crippen molar-refractivity contribution in [2.24, 2.45) is 11.7 Å². The minimum atomic E-state index is -0.472. The monoisotopic (exact) mass is 254 g/mol. The van der Waals surface area contributed by atoms with Crippen LogP contribution < -0.4 is 11.1 Å².